The van der Waals surface area contributed by atoms with Gasteiger partial charge in [-0.15, -0.1) is 0 Å². The Morgan fingerprint density at radius 1 is 1.35 bits per heavy atom. The number of amides is 1. The maximum absolute atomic E-state index is 11.9. The number of carbonyl (C=O) groups is 1. The van der Waals surface area contributed by atoms with E-state index in [2.05, 4.69) is 4.98 Å². The average Bonchev–Trinajstić information content (AvgIpc) is 2.99. The zero-order valence-electron chi connectivity index (χ0n) is 10.8. The fraction of sp³-hybridized carbons (Fsp3) is 0.385. The second kappa shape index (κ2) is 6.27. The molecule has 1 aromatic rings. The molecule has 0 spiro atoms. The molecule has 0 bridgehead atoms. The second-order valence-electron chi connectivity index (χ2n) is 4.37. The van der Waals surface area contributed by atoms with Crippen LogP contribution in [0.1, 0.15) is 24.0 Å². The third kappa shape index (κ3) is 3.01. The molecule has 6 nitrogen and oxygen atoms in total. The SMILES string of the molecule is N#Cc1cc(C#N)c(SCC(=O)N2CCCC2)nc1N. The van der Waals surface area contributed by atoms with Gasteiger partial charge in [-0.1, -0.05) is 11.8 Å². The lowest BCUT2D eigenvalue weighted by molar-refractivity contribution is -0.127. The van der Waals surface area contributed by atoms with Crippen LogP contribution in [-0.2, 0) is 4.79 Å². The topological polar surface area (TPSA) is 107 Å². The van der Waals surface area contributed by atoms with Gasteiger partial charge in [-0.3, -0.25) is 4.79 Å². The van der Waals surface area contributed by atoms with Gasteiger partial charge in [-0.2, -0.15) is 10.5 Å². The van der Waals surface area contributed by atoms with Crippen LogP contribution in [0.4, 0.5) is 5.82 Å². The van der Waals surface area contributed by atoms with E-state index >= 15 is 0 Å². The highest BCUT2D eigenvalue weighted by molar-refractivity contribution is 8.00. The van der Waals surface area contributed by atoms with E-state index in [0.29, 0.717) is 5.03 Å². The lowest BCUT2D eigenvalue weighted by atomic mass is 10.2. The Hall–Kier alpha value is -2.25. The minimum absolute atomic E-state index is 0.0427. The molecule has 1 aliphatic heterocycles. The summed E-state index contributed by atoms with van der Waals surface area (Å²) in [5.41, 5.74) is 6.08. The molecule has 2 heterocycles. The quantitative estimate of drug-likeness (QED) is 0.835. The molecule has 1 saturated heterocycles. The third-order valence-electron chi connectivity index (χ3n) is 3.05. The number of carbonyl (C=O) groups excluding carboxylic acids is 1. The third-order valence-corrected chi connectivity index (χ3v) is 4.02. The summed E-state index contributed by atoms with van der Waals surface area (Å²) in [6.07, 6.45) is 2.09. The van der Waals surface area contributed by atoms with Gasteiger partial charge in [-0.25, -0.2) is 4.98 Å². The van der Waals surface area contributed by atoms with Gasteiger partial charge in [0.15, 0.2) is 0 Å². The molecule has 0 saturated carbocycles. The van der Waals surface area contributed by atoms with Crippen LogP contribution in [0.15, 0.2) is 11.1 Å². The molecule has 0 atom stereocenters. The summed E-state index contributed by atoms with van der Waals surface area (Å²) in [4.78, 5) is 17.8. The van der Waals surface area contributed by atoms with Crippen molar-refractivity contribution >= 4 is 23.5 Å². The van der Waals surface area contributed by atoms with E-state index in [1.54, 1.807) is 0 Å². The number of nitrogens with zero attached hydrogens (tertiary/aromatic N) is 4. The van der Waals surface area contributed by atoms with Crippen LogP contribution < -0.4 is 5.73 Å². The van der Waals surface area contributed by atoms with E-state index in [9.17, 15) is 4.79 Å². The van der Waals surface area contributed by atoms with Crippen molar-refractivity contribution < 1.29 is 4.79 Å². The van der Waals surface area contributed by atoms with Gasteiger partial charge in [0, 0.05) is 13.1 Å². The number of pyridine rings is 1. The van der Waals surface area contributed by atoms with Gasteiger partial charge >= 0.3 is 0 Å². The first-order valence-corrected chi connectivity index (χ1v) is 7.15. The number of nitriles is 2. The Morgan fingerprint density at radius 2 is 2.00 bits per heavy atom. The minimum Gasteiger partial charge on any atom is -0.383 e. The van der Waals surface area contributed by atoms with Crippen molar-refractivity contribution in [3.63, 3.8) is 0 Å². The molecule has 0 radical (unpaired) electrons. The summed E-state index contributed by atoms with van der Waals surface area (Å²) >= 11 is 1.19. The summed E-state index contributed by atoms with van der Waals surface area (Å²) in [7, 11) is 0. The monoisotopic (exact) mass is 287 g/mol. The molecule has 1 amide bonds. The number of thioether (sulfide) groups is 1. The molecule has 20 heavy (non-hydrogen) atoms. The number of hydrogen-bond donors (Lipinski definition) is 1. The van der Waals surface area contributed by atoms with Crippen molar-refractivity contribution in [2.24, 2.45) is 0 Å². The van der Waals surface area contributed by atoms with Gasteiger partial charge in [0.05, 0.1) is 16.9 Å². The molecule has 0 aliphatic carbocycles. The van der Waals surface area contributed by atoms with Crippen LogP contribution in [-0.4, -0.2) is 34.6 Å². The first-order chi connectivity index (χ1) is 9.65. The first kappa shape index (κ1) is 14.2. The highest BCUT2D eigenvalue weighted by Crippen LogP contribution is 2.24. The smallest absolute Gasteiger partial charge is 0.232 e. The Labute approximate surface area is 121 Å². The number of hydrogen-bond acceptors (Lipinski definition) is 6. The van der Waals surface area contributed by atoms with E-state index < -0.39 is 0 Å². The minimum atomic E-state index is 0.0427. The van der Waals surface area contributed by atoms with Gasteiger partial charge in [-0.05, 0) is 18.9 Å². The van der Waals surface area contributed by atoms with Crippen LogP contribution in [0.25, 0.3) is 0 Å². The summed E-state index contributed by atoms with van der Waals surface area (Å²) < 4.78 is 0. The zero-order chi connectivity index (χ0) is 14.5. The number of nitrogens with two attached hydrogens (primary N) is 1. The Morgan fingerprint density at radius 3 is 2.60 bits per heavy atom. The molecule has 1 aliphatic rings. The molecule has 1 fully saturated rings. The maximum atomic E-state index is 11.9. The Bertz CT molecular complexity index is 610. The standard InChI is InChI=1S/C13H13N5OS/c14-6-9-5-10(7-15)13(17-12(9)16)20-8-11(19)18-3-1-2-4-18/h5H,1-4,8H2,(H2,16,17). The number of nitrogen functional groups attached to an aromatic ring is 1. The summed E-state index contributed by atoms with van der Waals surface area (Å²) in [6.45, 7) is 1.60. The van der Waals surface area contributed by atoms with Gasteiger partial charge in [0.1, 0.15) is 23.0 Å². The van der Waals surface area contributed by atoms with Gasteiger partial charge < -0.3 is 10.6 Å². The largest absolute Gasteiger partial charge is 0.383 e. The zero-order valence-corrected chi connectivity index (χ0v) is 11.6. The summed E-state index contributed by atoms with van der Waals surface area (Å²) in [5.74, 6) is 0.358. The highest BCUT2D eigenvalue weighted by Gasteiger charge is 2.19. The fourth-order valence-corrected chi connectivity index (χ4v) is 2.84. The fourth-order valence-electron chi connectivity index (χ4n) is 1.98. The van der Waals surface area contributed by atoms with Crippen molar-refractivity contribution in [3.8, 4) is 12.1 Å². The van der Waals surface area contributed by atoms with Crippen LogP contribution in [0.3, 0.4) is 0 Å². The summed E-state index contributed by atoms with van der Waals surface area (Å²) in [6, 6.07) is 5.27. The predicted molar refractivity (Wildman–Crippen MR) is 74.6 cm³/mol. The molecule has 7 heteroatoms. The molecule has 2 rings (SSSR count). The van der Waals surface area contributed by atoms with Crippen LogP contribution in [0.2, 0.25) is 0 Å². The predicted octanol–water partition coefficient (Wildman–Crippen LogP) is 1.12. The lowest BCUT2D eigenvalue weighted by Crippen LogP contribution is -2.29. The van der Waals surface area contributed by atoms with E-state index in [4.69, 9.17) is 16.3 Å². The molecule has 0 aromatic carbocycles. The number of rotatable bonds is 3. The molecule has 0 unspecified atom stereocenters. The first-order valence-electron chi connectivity index (χ1n) is 6.17. The van der Waals surface area contributed by atoms with Gasteiger partial charge in [0.2, 0.25) is 5.91 Å². The maximum Gasteiger partial charge on any atom is 0.232 e. The molecule has 2 N–H and O–H groups in total. The average molecular weight is 287 g/mol. The van der Waals surface area contributed by atoms with Crippen LogP contribution >= 0.6 is 11.8 Å². The highest BCUT2D eigenvalue weighted by atomic mass is 32.2. The van der Waals surface area contributed by atoms with Crippen molar-refractivity contribution in [3.05, 3.63) is 17.2 Å². The van der Waals surface area contributed by atoms with E-state index in [0.717, 1.165) is 25.9 Å². The van der Waals surface area contributed by atoms with Crippen molar-refractivity contribution in [1.82, 2.24) is 9.88 Å². The normalized spacial score (nSPS) is 13.8. The molecule has 1 aromatic heterocycles. The number of aromatic nitrogens is 1. The number of anilines is 1. The molecular weight excluding hydrogens is 274 g/mol. The number of likely N-dealkylation sites (tertiary alicyclic amines) is 1. The van der Waals surface area contributed by atoms with E-state index in [1.165, 1.54) is 17.8 Å². The van der Waals surface area contributed by atoms with Crippen molar-refractivity contribution in [1.29, 1.82) is 10.5 Å². The lowest BCUT2D eigenvalue weighted by Gasteiger charge is -2.14. The Balaban J connectivity index is 2.09. The molecule has 102 valence electrons. The van der Waals surface area contributed by atoms with Gasteiger partial charge in [0.25, 0.3) is 0 Å². The van der Waals surface area contributed by atoms with Crippen LogP contribution in [0.5, 0.6) is 0 Å². The Kier molecular flexibility index (Phi) is 4.44. The molecular formula is C13H13N5OS. The van der Waals surface area contributed by atoms with Crippen molar-refractivity contribution in [2.45, 2.75) is 17.9 Å². The second-order valence-corrected chi connectivity index (χ2v) is 5.34. The van der Waals surface area contributed by atoms with E-state index in [1.807, 2.05) is 17.0 Å². The van der Waals surface area contributed by atoms with Crippen molar-refractivity contribution in [2.75, 3.05) is 24.6 Å². The summed E-state index contributed by atoms with van der Waals surface area (Å²) in [5, 5.41) is 18.3. The van der Waals surface area contributed by atoms with E-state index in [-0.39, 0.29) is 28.6 Å². The van der Waals surface area contributed by atoms with Crippen LogP contribution in [0, 0.1) is 22.7 Å².